The molecule has 5 aliphatic heterocycles. The van der Waals surface area contributed by atoms with E-state index in [1.165, 1.54) is 6.07 Å². The van der Waals surface area contributed by atoms with Crippen molar-refractivity contribution in [1.29, 1.82) is 0 Å². The fourth-order valence-electron chi connectivity index (χ4n) is 13.8. The maximum absolute atomic E-state index is 16.4. The largest absolute Gasteiger partial charge is 0.352 e. The summed E-state index contributed by atoms with van der Waals surface area (Å²) in [6, 6.07) is 18.1. The third-order valence-corrected chi connectivity index (χ3v) is 17.6. The van der Waals surface area contributed by atoms with E-state index < -0.39 is 40.7 Å². The van der Waals surface area contributed by atoms with E-state index in [1.54, 1.807) is 29.2 Å². The molecule has 12 nitrogen and oxygen atoms in total. The van der Waals surface area contributed by atoms with E-state index in [-0.39, 0.29) is 58.5 Å². The molecule has 3 saturated heterocycles. The number of halogens is 3. The zero-order valence-corrected chi connectivity index (χ0v) is 40.0. The van der Waals surface area contributed by atoms with Crippen LogP contribution in [0.5, 0.6) is 0 Å². The van der Waals surface area contributed by atoms with Crippen molar-refractivity contribution in [1.82, 2.24) is 20.9 Å². The number of hydrogen-bond acceptors (Lipinski definition) is 7. The highest BCUT2D eigenvalue weighted by molar-refractivity contribution is 6.31. The number of likely N-dealkylation sites (tertiary alicyclic amines) is 1. The smallest absolute Gasteiger partial charge is 0.259 e. The molecule has 69 heavy (non-hydrogen) atoms. The van der Waals surface area contributed by atoms with Gasteiger partial charge in [0.1, 0.15) is 17.3 Å². The maximum Gasteiger partial charge on any atom is 0.259 e. The monoisotopic (exact) mass is 974 g/mol. The topological polar surface area (TPSA) is 157 Å². The molecule has 4 aromatic rings. The predicted octanol–water partition coefficient (Wildman–Crippen LogP) is 8.64. The Morgan fingerprint density at radius 3 is 2.38 bits per heavy atom. The van der Waals surface area contributed by atoms with E-state index in [1.807, 2.05) is 35.2 Å². The minimum Gasteiger partial charge on any atom is -0.352 e. The van der Waals surface area contributed by atoms with E-state index in [9.17, 15) is 28.8 Å². The van der Waals surface area contributed by atoms with Gasteiger partial charge in [-0.25, -0.2) is 4.39 Å². The first-order valence-electron chi connectivity index (χ1n) is 25.0. The van der Waals surface area contributed by atoms with Crippen LogP contribution in [0.25, 0.3) is 10.8 Å². The lowest BCUT2D eigenvalue weighted by atomic mass is 9.55. The number of fused-ring (bicyclic) bond motifs is 3. The molecule has 0 radical (unpaired) electrons. The standard InChI is InChI=1S/C54H57Cl2FN6O6/c55-33-16-19-38-40(29-33)59-52(69)54(38)45(37-11-6-12-39(56)46(37)57)47(61-53(54)25-2-1-3-26-53)49(66)58-34-17-13-32(14-18-34)50(67)62-27-23-30(24-28-62)7-4-8-31-15-20-41-44-35(31)9-5-10-36(44)51(68)63(41)42-21-22-43(64)60-48(42)65/h5-6,9-12,15-16,19-20,29-30,32,34,42,45,47,61H,1-4,7-8,13-14,17-18,21-28H2,(H,58,66)(H,59,69)(H,60,64,65)/t32?,34?,42?,45-,47+,54+/m0/s1. The number of carbonyl (C=O) groups excluding carboxylic acids is 6. The van der Waals surface area contributed by atoms with Crippen LogP contribution < -0.4 is 26.2 Å². The molecule has 0 aromatic heterocycles. The zero-order valence-electron chi connectivity index (χ0n) is 38.5. The van der Waals surface area contributed by atoms with Crippen LogP contribution in [0.4, 0.5) is 15.8 Å². The van der Waals surface area contributed by atoms with Gasteiger partial charge >= 0.3 is 0 Å². The minimum atomic E-state index is -1.30. The number of aryl methyl sites for hydroxylation is 1. The van der Waals surface area contributed by atoms with E-state index in [0.29, 0.717) is 72.7 Å². The lowest BCUT2D eigenvalue weighted by Gasteiger charge is -2.47. The Balaban J connectivity index is 0.708. The molecule has 2 aliphatic carbocycles. The van der Waals surface area contributed by atoms with Crippen LogP contribution in [0.15, 0.2) is 66.7 Å². The molecular weight excluding hydrogens is 919 g/mol. The van der Waals surface area contributed by atoms with Crippen molar-refractivity contribution < 1.29 is 33.2 Å². The number of nitrogens with one attached hydrogen (secondary N) is 4. The van der Waals surface area contributed by atoms with Crippen LogP contribution in [-0.2, 0) is 35.8 Å². The zero-order chi connectivity index (χ0) is 47.8. The number of benzene rings is 4. The van der Waals surface area contributed by atoms with Gasteiger partial charge in [-0.1, -0.05) is 78.9 Å². The number of hydrogen-bond donors (Lipinski definition) is 4. The number of amides is 6. The van der Waals surface area contributed by atoms with Crippen LogP contribution in [0.2, 0.25) is 10.0 Å². The Hall–Kier alpha value is -5.37. The second-order valence-electron chi connectivity index (χ2n) is 20.7. The van der Waals surface area contributed by atoms with Crippen molar-refractivity contribution in [3.8, 4) is 0 Å². The molecule has 360 valence electrons. The molecule has 2 saturated carbocycles. The highest BCUT2D eigenvalue weighted by atomic mass is 35.5. The third-order valence-electron chi connectivity index (χ3n) is 17.1. The average Bonchev–Trinajstić information content (AvgIpc) is 3.92. The first kappa shape index (κ1) is 46.0. The lowest BCUT2D eigenvalue weighted by Crippen LogP contribution is -2.60. The van der Waals surface area contributed by atoms with Gasteiger partial charge in [0, 0.05) is 64.6 Å². The van der Waals surface area contributed by atoms with E-state index in [2.05, 4.69) is 27.3 Å². The van der Waals surface area contributed by atoms with E-state index >= 15 is 4.39 Å². The summed E-state index contributed by atoms with van der Waals surface area (Å²) in [4.78, 5) is 85.2. The van der Waals surface area contributed by atoms with Crippen molar-refractivity contribution in [3.05, 3.63) is 105 Å². The first-order chi connectivity index (χ1) is 33.4. The van der Waals surface area contributed by atoms with Gasteiger partial charge in [-0.2, -0.15) is 0 Å². The Bertz CT molecular complexity index is 2800. The Kier molecular flexibility index (Phi) is 12.1. The first-order valence-corrected chi connectivity index (χ1v) is 25.8. The summed E-state index contributed by atoms with van der Waals surface area (Å²) in [7, 11) is 0. The Labute approximate surface area is 410 Å². The summed E-state index contributed by atoms with van der Waals surface area (Å²) in [5.41, 5.74) is 1.87. The fraction of sp³-hybridized carbons (Fsp3) is 0.481. The normalized spacial score (nSPS) is 27.6. The van der Waals surface area contributed by atoms with Gasteiger partial charge in [0.05, 0.1) is 16.8 Å². The summed E-state index contributed by atoms with van der Waals surface area (Å²) in [5.74, 6) is -2.47. The van der Waals surface area contributed by atoms with Crippen molar-refractivity contribution in [2.45, 2.75) is 138 Å². The van der Waals surface area contributed by atoms with E-state index in [0.717, 1.165) is 86.5 Å². The van der Waals surface area contributed by atoms with Crippen LogP contribution in [0.1, 0.15) is 129 Å². The molecule has 5 heterocycles. The minimum absolute atomic E-state index is 0.0677. The van der Waals surface area contributed by atoms with E-state index in [4.69, 9.17) is 23.2 Å². The summed E-state index contributed by atoms with van der Waals surface area (Å²) >= 11 is 12.9. The quantitative estimate of drug-likeness (QED) is 0.122. The fourth-order valence-corrected chi connectivity index (χ4v) is 14.2. The highest BCUT2D eigenvalue weighted by Gasteiger charge is 2.72. The van der Waals surface area contributed by atoms with Crippen LogP contribution in [0, 0.1) is 17.7 Å². The molecule has 4 N–H and O–H groups in total. The number of anilines is 2. The highest BCUT2D eigenvalue weighted by Crippen LogP contribution is 2.63. The Morgan fingerprint density at radius 1 is 0.841 bits per heavy atom. The molecule has 2 spiro atoms. The van der Waals surface area contributed by atoms with Crippen molar-refractivity contribution in [2.75, 3.05) is 23.3 Å². The van der Waals surface area contributed by atoms with Gasteiger partial charge < -0.3 is 15.5 Å². The lowest BCUT2D eigenvalue weighted by molar-refractivity contribution is -0.138. The molecule has 1 unspecified atom stereocenters. The summed E-state index contributed by atoms with van der Waals surface area (Å²) in [6.45, 7) is 1.45. The molecule has 4 atom stereocenters. The van der Waals surface area contributed by atoms with Gasteiger partial charge in [-0.3, -0.25) is 44.3 Å². The predicted molar refractivity (Wildman–Crippen MR) is 262 cm³/mol. The molecule has 6 amide bonds. The van der Waals surface area contributed by atoms with Crippen LogP contribution in [0.3, 0.4) is 0 Å². The Morgan fingerprint density at radius 2 is 1.61 bits per heavy atom. The SMILES string of the molecule is O=C1CCC(N2C(=O)c3cccc4c(CCCC5CCN(C(=O)C6CCC(NC(=O)[C@@H]7NC8(CCCCC8)[C@@]8(C(=O)Nc9cc(Cl)ccc98)[C@H]7c7cccc(Cl)c7F)CC6)CC5)ccc2c34)C(=O)N1. The van der Waals surface area contributed by atoms with Gasteiger partial charge in [-0.05, 0) is 135 Å². The number of imide groups is 1. The van der Waals surface area contributed by atoms with Gasteiger partial charge in [0.25, 0.3) is 5.91 Å². The molecule has 4 aromatic carbocycles. The molecule has 7 aliphatic rings. The van der Waals surface area contributed by atoms with Crippen LogP contribution in [-0.4, -0.2) is 77.1 Å². The second kappa shape index (κ2) is 18.1. The summed E-state index contributed by atoms with van der Waals surface area (Å²) in [6.07, 6.45) is 11.8. The van der Waals surface area contributed by atoms with Crippen molar-refractivity contribution >= 4 is 80.8 Å². The third kappa shape index (κ3) is 7.64. The number of carbonyl (C=O) groups is 6. The molecule has 15 heteroatoms. The van der Waals surface area contributed by atoms with Crippen molar-refractivity contribution in [3.63, 3.8) is 0 Å². The average molecular weight is 976 g/mol. The van der Waals surface area contributed by atoms with Crippen LogP contribution >= 0.6 is 23.2 Å². The summed E-state index contributed by atoms with van der Waals surface area (Å²) in [5, 5.41) is 14.8. The number of nitrogens with zero attached hydrogens (tertiary/aromatic N) is 2. The molecular formula is C54H57Cl2FN6O6. The van der Waals surface area contributed by atoms with Gasteiger partial charge in [0.2, 0.25) is 29.5 Å². The van der Waals surface area contributed by atoms with Crippen molar-refractivity contribution in [2.24, 2.45) is 11.8 Å². The summed E-state index contributed by atoms with van der Waals surface area (Å²) < 4.78 is 16.4. The maximum atomic E-state index is 16.4. The molecule has 5 fully saturated rings. The molecule has 11 rings (SSSR count). The second-order valence-corrected chi connectivity index (χ2v) is 21.5. The molecule has 0 bridgehead atoms. The number of piperidine rings is 2. The number of rotatable bonds is 9. The van der Waals surface area contributed by atoms with Gasteiger partial charge in [0.15, 0.2) is 0 Å². The van der Waals surface area contributed by atoms with Gasteiger partial charge in [-0.15, -0.1) is 0 Å².